The molecule has 0 atom stereocenters. The van der Waals surface area contributed by atoms with Gasteiger partial charge in [0.25, 0.3) is 0 Å². The molecule has 0 fully saturated rings. The summed E-state index contributed by atoms with van der Waals surface area (Å²) in [4.78, 5) is 0. The van der Waals surface area contributed by atoms with Gasteiger partial charge in [0.1, 0.15) is 0 Å². The van der Waals surface area contributed by atoms with Crippen LogP contribution in [0.2, 0.25) is 0 Å². The van der Waals surface area contributed by atoms with Gasteiger partial charge in [-0.15, -0.1) is 0 Å². The number of methoxy groups -OCH3 is 1. The fraction of sp³-hybridized carbons (Fsp3) is 0.727. The Balaban J connectivity index is -0.000000313. The first-order chi connectivity index (χ1) is 10.1. The maximum absolute atomic E-state index is 5.62. The third-order valence-electron chi connectivity index (χ3n) is 2.13. The van der Waals surface area contributed by atoms with Gasteiger partial charge < -0.3 is 9.47 Å². The third-order valence-corrected chi connectivity index (χ3v) is 2.13. The summed E-state index contributed by atoms with van der Waals surface area (Å²) in [6.07, 6.45) is 0. The van der Waals surface area contributed by atoms with E-state index >= 15 is 0 Å². The molecule has 0 aliphatic rings. The summed E-state index contributed by atoms with van der Waals surface area (Å²) in [5.74, 6) is 0. The van der Waals surface area contributed by atoms with Crippen LogP contribution in [-0.4, -0.2) is 18.3 Å². The molecule has 1 aromatic rings. The molecular weight excluding hydrogens is 296 g/mol. The summed E-state index contributed by atoms with van der Waals surface area (Å²) in [5, 5.41) is 0. The van der Waals surface area contributed by atoms with Crippen LogP contribution in [0.5, 0.6) is 0 Å². The summed E-state index contributed by atoms with van der Waals surface area (Å²) in [7, 11) is 1.71. The predicted octanol–water partition coefficient (Wildman–Crippen LogP) is 7.12. The first kappa shape index (κ1) is 28.0. The summed E-state index contributed by atoms with van der Waals surface area (Å²) < 4.78 is 10.6. The molecule has 0 heterocycles. The normalized spacial score (nSPS) is 11.3. The Morgan fingerprint density at radius 3 is 1.29 bits per heavy atom. The lowest BCUT2D eigenvalue weighted by Crippen LogP contribution is -2.18. The SMILES string of the molecule is C.CC(C)(C)C.CC(C)(C)OCc1ccccc1.COC(C)(C)C. The molecule has 24 heavy (non-hydrogen) atoms. The largest absolute Gasteiger partial charge is 0.379 e. The van der Waals surface area contributed by atoms with E-state index in [0.717, 1.165) is 0 Å². The second kappa shape index (κ2) is 12.5. The molecule has 0 spiro atoms. The van der Waals surface area contributed by atoms with Crippen LogP contribution in [0.15, 0.2) is 30.3 Å². The Morgan fingerprint density at radius 2 is 1.04 bits per heavy atom. The lowest BCUT2D eigenvalue weighted by Gasteiger charge is -2.19. The highest BCUT2D eigenvalue weighted by atomic mass is 16.5. The van der Waals surface area contributed by atoms with E-state index in [4.69, 9.17) is 9.47 Å². The summed E-state index contributed by atoms with van der Waals surface area (Å²) in [6, 6.07) is 10.2. The van der Waals surface area contributed by atoms with Crippen LogP contribution in [0.1, 0.15) is 82.2 Å². The highest BCUT2D eigenvalue weighted by Crippen LogP contribution is 2.11. The molecule has 0 aliphatic heterocycles. The molecular formula is C22H44O2. The number of benzene rings is 1. The molecule has 144 valence electrons. The van der Waals surface area contributed by atoms with Crippen molar-refractivity contribution in [2.45, 2.75) is 94.5 Å². The number of hydrogen-bond donors (Lipinski definition) is 0. The van der Waals surface area contributed by atoms with E-state index in [1.165, 1.54) is 5.56 Å². The van der Waals surface area contributed by atoms with Crippen molar-refractivity contribution in [1.82, 2.24) is 0 Å². The Hall–Kier alpha value is -0.860. The van der Waals surface area contributed by atoms with Crippen molar-refractivity contribution in [3.63, 3.8) is 0 Å². The molecule has 0 amide bonds. The Labute approximate surface area is 153 Å². The predicted molar refractivity (Wildman–Crippen MR) is 110 cm³/mol. The molecule has 0 saturated carbocycles. The molecule has 0 saturated heterocycles. The van der Waals surface area contributed by atoms with Gasteiger partial charge in [-0.3, -0.25) is 0 Å². The summed E-state index contributed by atoms with van der Waals surface area (Å²) in [5.41, 5.74) is 1.72. The van der Waals surface area contributed by atoms with E-state index < -0.39 is 0 Å². The minimum Gasteiger partial charge on any atom is -0.379 e. The van der Waals surface area contributed by atoms with Crippen molar-refractivity contribution < 1.29 is 9.47 Å². The average molecular weight is 341 g/mol. The van der Waals surface area contributed by atoms with Gasteiger partial charge in [0.2, 0.25) is 0 Å². The van der Waals surface area contributed by atoms with Crippen LogP contribution in [-0.2, 0) is 16.1 Å². The number of ether oxygens (including phenoxy) is 2. The van der Waals surface area contributed by atoms with E-state index in [-0.39, 0.29) is 18.6 Å². The van der Waals surface area contributed by atoms with Crippen LogP contribution in [0.3, 0.4) is 0 Å². The zero-order valence-electron chi connectivity index (χ0n) is 17.4. The molecule has 0 N–H and O–H groups in total. The summed E-state index contributed by atoms with van der Waals surface area (Å²) in [6.45, 7) is 21.7. The molecule has 0 bridgehead atoms. The van der Waals surface area contributed by atoms with Gasteiger partial charge in [-0.05, 0) is 52.5 Å². The van der Waals surface area contributed by atoms with Crippen molar-refractivity contribution in [3.8, 4) is 0 Å². The van der Waals surface area contributed by atoms with E-state index in [9.17, 15) is 0 Å². The molecule has 0 unspecified atom stereocenters. The topological polar surface area (TPSA) is 18.5 Å². The molecule has 2 heteroatoms. The second-order valence-electron chi connectivity index (χ2n) is 9.20. The maximum Gasteiger partial charge on any atom is 0.0724 e. The Morgan fingerprint density at radius 1 is 0.708 bits per heavy atom. The number of hydrogen-bond acceptors (Lipinski definition) is 2. The zero-order chi connectivity index (χ0) is 18.7. The van der Waals surface area contributed by atoms with Gasteiger partial charge >= 0.3 is 0 Å². The van der Waals surface area contributed by atoms with Crippen molar-refractivity contribution in [2.75, 3.05) is 7.11 Å². The van der Waals surface area contributed by atoms with E-state index in [1.807, 2.05) is 39.0 Å². The molecule has 1 aromatic carbocycles. The number of rotatable bonds is 2. The van der Waals surface area contributed by atoms with Crippen molar-refractivity contribution in [2.24, 2.45) is 5.41 Å². The molecule has 0 aliphatic carbocycles. The fourth-order valence-electron chi connectivity index (χ4n) is 0.874. The molecule has 0 radical (unpaired) electrons. The highest BCUT2D eigenvalue weighted by molar-refractivity contribution is 5.13. The van der Waals surface area contributed by atoms with Crippen LogP contribution in [0.4, 0.5) is 0 Å². The van der Waals surface area contributed by atoms with Crippen molar-refractivity contribution in [3.05, 3.63) is 35.9 Å². The van der Waals surface area contributed by atoms with Crippen LogP contribution in [0.25, 0.3) is 0 Å². The standard InChI is InChI=1S/C11H16O.C5H12O.C5H12.CH4/c1-11(2,3)12-9-10-7-5-4-6-8-10;1-5(2,3)6-4;1-5(2,3)4;/h4-8H,9H2,1-3H3;1-4H3;1-4H3;1H4. The quantitative estimate of drug-likeness (QED) is 0.570. The molecule has 0 aromatic heterocycles. The average Bonchev–Trinajstić information content (AvgIpc) is 2.35. The minimum atomic E-state index is -0.0458. The highest BCUT2D eigenvalue weighted by Gasteiger charge is 2.09. The maximum atomic E-state index is 5.62. The lowest BCUT2D eigenvalue weighted by atomic mass is 10.0. The van der Waals surface area contributed by atoms with Gasteiger partial charge in [0.15, 0.2) is 0 Å². The van der Waals surface area contributed by atoms with Gasteiger partial charge in [-0.25, -0.2) is 0 Å². The Bertz CT molecular complexity index is 369. The first-order valence-corrected chi connectivity index (χ1v) is 8.37. The van der Waals surface area contributed by atoms with Crippen molar-refractivity contribution in [1.29, 1.82) is 0 Å². The van der Waals surface area contributed by atoms with Gasteiger partial charge in [-0.2, -0.15) is 0 Å². The van der Waals surface area contributed by atoms with E-state index in [0.29, 0.717) is 12.0 Å². The second-order valence-corrected chi connectivity index (χ2v) is 9.20. The first-order valence-electron chi connectivity index (χ1n) is 8.37. The fourth-order valence-corrected chi connectivity index (χ4v) is 0.874. The van der Waals surface area contributed by atoms with Crippen LogP contribution in [0, 0.1) is 5.41 Å². The van der Waals surface area contributed by atoms with Gasteiger partial charge in [-0.1, -0.05) is 65.5 Å². The monoisotopic (exact) mass is 340 g/mol. The van der Waals surface area contributed by atoms with Gasteiger partial charge in [0.05, 0.1) is 17.8 Å². The molecule has 2 nitrogen and oxygen atoms in total. The van der Waals surface area contributed by atoms with E-state index in [1.54, 1.807) is 7.11 Å². The smallest absolute Gasteiger partial charge is 0.0724 e. The zero-order valence-corrected chi connectivity index (χ0v) is 17.4. The van der Waals surface area contributed by atoms with E-state index in [2.05, 4.69) is 60.6 Å². The Kier molecular flexibility index (Phi) is 14.6. The lowest BCUT2D eigenvalue weighted by molar-refractivity contribution is -0.0149. The van der Waals surface area contributed by atoms with Crippen molar-refractivity contribution >= 4 is 0 Å². The minimum absolute atomic E-state index is 0. The van der Waals surface area contributed by atoms with Crippen LogP contribution >= 0.6 is 0 Å². The van der Waals surface area contributed by atoms with Crippen LogP contribution < -0.4 is 0 Å². The van der Waals surface area contributed by atoms with Gasteiger partial charge in [0, 0.05) is 7.11 Å². The summed E-state index contributed by atoms with van der Waals surface area (Å²) >= 11 is 0. The molecule has 1 rings (SSSR count). The third kappa shape index (κ3) is 32.9.